The Balaban J connectivity index is 1.39. The largest absolute Gasteiger partial charge is 0.492 e. The Labute approximate surface area is 232 Å². The van der Waals surface area contributed by atoms with Gasteiger partial charge in [-0.15, -0.1) is 0 Å². The number of nitriles is 1. The molecule has 1 N–H and O–H groups in total. The van der Waals surface area contributed by atoms with Crippen molar-refractivity contribution in [1.29, 1.82) is 5.26 Å². The molecule has 8 nitrogen and oxygen atoms in total. The van der Waals surface area contributed by atoms with Gasteiger partial charge >= 0.3 is 0 Å². The number of likely N-dealkylation sites (tertiary alicyclic amines) is 1. The van der Waals surface area contributed by atoms with Gasteiger partial charge in [-0.05, 0) is 38.1 Å². The van der Waals surface area contributed by atoms with Crippen LogP contribution in [-0.2, 0) is 4.74 Å². The van der Waals surface area contributed by atoms with Crippen molar-refractivity contribution in [3.63, 3.8) is 0 Å². The van der Waals surface area contributed by atoms with E-state index < -0.39 is 0 Å². The molecule has 202 valence electrons. The molecule has 2 aromatic carbocycles. The maximum absolute atomic E-state index is 10.0. The molecule has 0 atom stereocenters. The van der Waals surface area contributed by atoms with E-state index in [-0.39, 0.29) is 6.10 Å². The van der Waals surface area contributed by atoms with Crippen LogP contribution in [0.25, 0.3) is 21.9 Å². The third kappa shape index (κ3) is 5.76. The van der Waals surface area contributed by atoms with Crippen molar-refractivity contribution in [2.75, 3.05) is 44.8 Å². The smallest absolute Gasteiger partial charge is 0.137 e. The zero-order chi connectivity index (χ0) is 26.6. The molecule has 4 heterocycles. The number of rotatable bonds is 8. The minimum atomic E-state index is -0.00380. The minimum absolute atomic E-state index is 0.00380. The van der Waals surface area contributed by atoms with Gasteiger partial charge in [-0.25, -0.2) is 0 Å². The highest BCUT2D eigenvalue weighted by molar-refractivity contribution is 6.31. The van der Waals surface area contributed by atoms with Crippen LogP contribution in [0.5, 0.6) is 11.5 Å². The lowest BCUT2D eigenvalue weighted by Crippen LogP contribution is -2.33. The van der Waals surface area contributed by atoms with Crippen molar-refractivity contribution in [3.8, 4) is 17.6 Å². The molecule has 2 aromatic heterocycles. The summed E-state index contributed by atoms with van der Waals surface area (Å²) in [4.78, 5) is 7.08. The number of anilines is 2. The molecular formula is C30H31ClN4O4. The molecule has 39 heavy (non-hydrogen) atoms. The van der Waals surface area contributed by atoms with Crippen LogP contribution in [-0.4, -0.2) is 55.4 Å². The van der Waals surface area contributed by atoms with Crippen LogP contribution >= 0.6 is 11.6 Å². The molecule has 0 spiro atoms. The Morgan fingerprint density at radius 1 is 1.13 bits per heavy atom. The molecule has 0 aliphatic carbocycles. The maximum atomic E-state index is 10.0. The van der Waals surface area contributed by atoms with Gasteiger partial charge in [-0.2, -0.15) is 5.26 Å². The van der Waals surface area contributed by atoms with Crippen molar-refractivity contribution in [1.82, 2.24) is 9.88 Å². The van der Waals surface area contributed by atoms with Crippen molar-refractivity contribution in [2.45, 2.75) is 38.2 Å². The van der Waals surface area contributed by atoms with Crippen LogP contribution in [0.15, 0.2) is 47.2 Å². The number of nitrogens with zero attached hydrogens (tertiary/aromatic N) is 3. The molecule has 0 bridgehead atoms. The molecular weight excluding hydrogens is 516 g/mol. The Morgan fingerprint density at radius 2 is 1.97 bits per heavy atom. The van der Waals surface area contributed by atoms with Crippen molar-refractivity contribution in [3.05, 3.63) is 53.4 Å². The highest BCUT2D eigenvalue weighted by Gasteiger charge is 2.22. The second-order valence-corrected chi connectivity index (χ2v) is 10.5. The van der Waals surface area contributed by atoms with Crippen LogP contribution in [0.2, 0.25) is 5.02 Å². The number of nitrogens with one attached hydrogen (secondary N) is 1. The fourth-order valence-electron chi connectivity index (χ4n) is 5.38. The Morgan fingerprint density at radius 3 is 2.79 bits per heavy atom. The lowest BCUT2D eigenvalue weighted by Gasteiger charge is -2.27. The van der Waals surface area contributed by atoms with Gasteiger partial charge in [0.2, 0.25) is 0 Å². The molecule has 2 aliphatic rings. The zero-order valence-electron chi connectivity index (χ0n) is 21.7. The predicted molar refractivity (Wildman–Crippen MR) is 151 cm³/mol. The molecule has 0 radical (unpaired) electrons. The summed E-state index contributed by atoms with van der Waals surface area (Å²) in [6.45, 7) is 5.03. The lowest BCUT2D eigenvalue weighted by atomic mass is 10.1. The van der Waals surface area contributed by atoms with E-state index in [9.17, 15) is 5.26 Å². The number of ether oxygens (including phenoxy) is 3. The molecule has 6 rings (SSSR count). The summed E-state index contributed by atoms with van der Waals surface area (Å²) < 4.78 is 23.9. The summed E-state index contributed by atoms with van der Waals surface area (Å²) >= 11 is 6.39. The number of hydrogen-bond donors (Lipinski definition) is 1. The van der Waals surface area contributed by atoms with E-state index in [1.54, 1.807) is 18.5 Å². The predicted octanol–water partition coefficient (Wildman–Crippen LogP) is 6.67. The lowest BCUT2D eigenvalue weighted by molar-refractivity contribution is 0.0261. The molecule has 0 saturated carbocycles. The fraction of sp³-hybridized carbons (Fsp3) is 0.400. The van der Waals surface area contributed by atoms with E-state index in [4.69, 9.17) is 30.2 Å². The van der Waals surface area contributed by atoms with E-state index >= 15 is 0 Å². The Bertz CT molecular complexity index is 1500. The van der Waals surface area contributed by atoms with Gasteiger partial charge in [0, 0.05) is 54.2 Å². The number of piperidine rings is 1. The first-order chi connectivity index (χ1) is 19.2. The normalized spacial score (nSPS) is 16.8. The molecule has 0 amide bonds. The van der Waals surface area contributed by atoms with Crippen molar-refractivity contribution < 1.29 is 18.6 Å². The molecule has 0 unspecified atom stereocenters. The first-order valence-corrected chi connectivity index (χ1v) is 14.0. The summed E-state index contributed by atoms with van der Waals surface area (Å²) in [5.41, 5.74) is 3.07. The van der Waals surface area contributed by atoms with Crippen LogP contribution in [0.4, 0.5) is 11.4 Å². The average Bonchev–Trinajstić information content (AvgIpc) is 3.43. The van der Waals surface area contributed by atoms with Crippen LogP contribution in [0.3, 0.4) is 0 Å². The van der Waals surface area contributed by atoms with Gasteiger partial charge in [0.05, 0.1) is 47.3 Å². The number of benzene rings is 2. The van der Waals surface area contributed by atoms with Crippen LogP contribution in [0, 0.1) is 11.3 Å². The Hall–Kier alpha value is -3.51. The number of pyridine rings is 1. The summed E-state index contributed by atoms with van der Waals surface area (Å²) in [6, 6.07) is 11.6. The summed E-state index contributed by atoms with van der Waals surface area (Å²) in [5.74, 6) is 1.33. The minimum Gasteiger partial charge on any atom is -0.492 e. The van der Waals surface area contributed by atoms with Gasteiger partial charge in [0.15, 0.2) is 0 Å². The highest BCUT2D eigenvalue weighted by Crippen LogP contribution is 2.41. The van der Waals surface area contributed by atoms with Crippen LogP contribution in [0.1, 0.15) is 37.7 Å². The van der Waals surface area contributed by atoms with E-state index in [0.717, 1.165) is 48.9 Å². The standard InChI is InChI=1S/C30H31ClN4O4/c31-21-14-25(24-6-12-38-27(24)15-21)34-30-20(18-32)19-33-26-16-23(37-13-9-35-7-2-1-3-8-35)17-28(29(26)30)39-22-4-10-36-11-5-22/h6,12,14-17,19,22H,1-5,7-11,13H2,(H,33,34). The first kappa shape index (κ1) is 25.8. The van der Waals surface area contributed by atoms with Gasteiger partial charge < -0.3 is 23.9 Å². The second kappa shape index (κ2) is 11.7. The second-order valence-electron chi connectivity index (χ2n) is 10.1. The Kier molecular flexibility index (Phi) is 7.73. The van der Waals surface area contributed by atoms with E-state index in [1.807, 2.05) is 24.3 Å². The monoisotopic (exact) mass is 546 g/mol. The molecule has 2 aliphatic heterocycles. The topological polar surface area (TPSA) is 92.8 Å². The molecule has 2 saturated heterocycles. The summed E-state index contributed by atoms with van der Waals surface area (Å²) in [6.07, 6.45) is 8.58. The number of aromatic nitrogens is 1. The summed E-state index contributed by atoms with van der Waals surface area (Å²) in [7, 11) is 0. The van der Waals surface area contributed by atoms with Gasteiger partial charge in [-0.3, -0.25) is 9.88 Å². The number of hydrogen-bond acceptors (Lipinski definition) is 8. The number of furan rings is 1. The van der Waals surface area contributed by atoms with E-state index in [0.29, 0.717) is 58.7 Å². The highest BCUT2D eigenvalue weighted by atomic mass is 35.5. The fourth-order valence-corrected chi connectivity index (χ4v) is 5.59. The summed E-state index contributed by atoms with van der Waals surface area (Å²) in [5, 5.41) is 15.6. The third-order valence-electron chi connectivity index (χ3n) is 7.41. The molecule has 2 fully saturated rings. The average molecular weight is 547 g/mol. The van der Waals surface area contributed by atoms with Gasteiger partial charge in [0.1, 0.15) is 35.9 Å². The number of halogens is 1. The van der Waals surface area contributed by atoms with E-state index in [1.165, 1.54) is 19.3 Å². The first-order valence-electron chi connectivity index (χ1n) is 13.6. The van der Waals surface area contributed by atoms with Gasteiger partial charge in [0.25, 0.3) is 0 Å². The molecule has 9 heteroatoms. The van der Waals surface area contributed by atoms with Crippen molar-refractivity contribution >= 4 is 44.8 Å². The van der Waals surface area contributed by atoms with Gasteiger partial charge in [-0.1, -0.05) is 18.0 Å². The van der Waals surface area contributed by atoms with Crippen molar-refractivity contribution in [2.24, 2.45) is 0 Å². The SMILES string of the molecule is N#Cc1cnc2cc(OCCN3CCCCC3)cc(OC3CCOCC3)c2c1Nc1cc(Cl)cc2occc12. The number of fused-ring (bicyclic) bond motifs is 2. The third-order valence-corrected chi connectivity index (χ3v) is 7.63. The maximum Gasteiger partial charge on any atom is 0.137 e. The molecule has 4 aromatic rings. The van der Waals surface area contributed by atoms with Crippen LogP contribution < -0.4 is 14.8 Å². The quantitative estimate of drug-likeness (QED) is 0.262. The zero-order valence-corrected chi connectivity index (χ0v) is 22.5. The van der Waals surface area contributed by atoms with E-state index in [2.05, 4.69) is 21.3 Å².